The smallest absolute Gasteiger partial charge is 0.304 e. The van der Waals surface area contributed by atoms with Gasteiger partial charge >= 0.3 is 5.69 Å². The average Bonchev–Trinajstić information content (AvgIpc) is 2.71. The summed E-state index contributed by atoms with van der Waals surface area (Å²) in [4.78, 5) is 9.97. The minimum absolute atomic E-state index is 0.190. The number of nitro groups is 1. The fourth-order valence-corrected chi connectivity index (χ4v) is 4.37. The van der Waals surface area contributed by atoms with Crippen molar-refractivity contribution in [1.29, 1.82) is 0 Å². The van der Waals surface area contributed by atoms with Crippen LogP contribution in [0.4, 0.5) is 15.8 Å². The molecule has 0 aromatic heterocycles. The van der Waals surface area contributed by atoms with Gasteiger partial charge < -0.3 is 5.32 Å². The Morgan fingerprint density at radius 2 is 2.10 bits per heavy atom. The normalized spacial score (nSPS) is 33.1. The van der Waals surface area contributed by atoms with Crippen LogP contribution in [-0.2, 0) is 0 Å². The number of rotatable bonds is 3. The Morgan fingerprint density at radius 3 is 2.57 bits per heavy atom. The second-order valence-electron chi connectivity index (χ2n) is 7.23. The van der Waals surface area contributed by atoms with Gasteiger partial charge in [0.1, 0.15) is 0 Å². The van der Waals surface area contributed by atoms with E-state index in [0.717, 1.165) is 6.42 Å². The lowest BCUT2D eigenvalue weighted by molar-refractivity contribution is -0.387. The van der Waals surface area contributed by atoms with Crippen LogP contribution in [0.5, 0.6) is 0 Å². The molecular formula is C16H21FN2O2. The summed E-state index contributed by atoms with van der Waals surface area (Å²) in [6, 6.07) is 4.37. The maximum absolute atomic E-state index is 13.7. The van der Waals surface area contributed by atoms with E-state index in [-0.39, 0.29) is 10.8 Å². The molecule has 2 saturated carbocycles. The second-order valence-corrected chi connectivity index (χ2v) is 7.23. The highest BCUT2D eigenvalue weighted by Gasteiger charge is 2.61. The number of nitrogens with zero attached hydrogens (tertiary/aromatic N) is 1. The van der Waals surface area contributed by atoms with Crippen LogP contribution in [0.3, 0.4) is 0 Å². The molecule has 21 heavy (non-hydrogen) atoms. The topological polar surface area (TPSA) is 55.2 Å². The molecule has 2 aliphatic rings. The standard InChI is InChI=1S/C16H21FN2O2/c1-15(2)10-6-7-16(15,3)14(8-10)18-11-4-5-13(19(20)21)12(17)9-11/h4-5,9-10,14,18H,6-8H2,1-3H3. The van der Waals surface area contributed by atoms with Gasteiger partial charge in [0.05, 0.1) is 4.92 Å². The summed E-state index contributed by atoms with van der Waals surface area (Å²) >= 11 is 0. The van der Waals surface area contributed by atoms with E-state index in [0.29, 0.717) is 17.6 Å². The summed E-state index contributed by atoms with van der Waals surface area (Å²) in [6.45, 7) is 6.95. The highest BCUT2D eigenvalue weighted by Crippen LogP contribution is 2.65. The highest BCUT2D eigenvalue weighted by atomic mass is 19.1. The Morgan fingerprint density at radius 1 is 1.38 bits per heavy atom. The minimum atomic E-state index is -0.780. The molecule has 2 fully saturated rings. The number of fused-ring (bicyclic) bond motifs is 2. The van der Waals surface area contributed by atoms with Gasteiger partial charge in [-0.05, 0) is 42.1 Å². The number of benzene rings is 1. The van der Waals surface area contributed by atoms with Crippen LogP contribution in [0.1, 0.15) is 40.0 Å². The number of hydrogen-bond acceptors (Lipinski definition) is 3. The van der Waals surface area contributed by atoms with Crippen molar-refractivity contribution in [2.24, 2.45) is 16.7 Å². The molecular weight excluding hydrogens is 271 g/mol. The van der Waals surface area contributed by atoms with E-state index in [1.165, 1.54) is 25.0 Å². The summed E-state index contributed by atoms with van der Waals surface area (Å²) < 4.78 is 13.7. The summed E-state index contributed by atoms with van der Waals surface area (Å²) in [7, 11) is 0. The first-order chi connectivity index (χ1) is 9.75. The maximum atomic E-state index is 13.7. The first-order valence-corrected chi connectivity index (χ1v) is 7.46. The Bertz CT molecular complexity index is 602. The molecule has 0 heterocycles. The zero-order chi connectivity index (χ0) is 15.4. The fourth-order valence-electron chi connectivity index (χ4n) is 4.37. The molecule has 0 radical (unpaired) electrons. The fraction of sp³-hybridized carbons (Fsp3) is 0.625. The third-order valence-corrected chi connectivity index (χ3v) is 6.28. The SMILES string of the molecule is CC1(C)C2CCC1(C)C(Nc1ccc([N+](=O)[O-])c(F)c1)C2. The summed E-state index contributed by atoms with van der Waals surface area (Å²) in [5, 5.41) is 14.1. The molecule has 3 rings (SSSR count). The first kappa shape index (κ1) is 14.3. The predicted octanol–water partition coefficient (Wildman–Crippen LogP) is 4.36. The van der Waals surface area contributed by atoms with Crippen molar-refractivity contribution >= 4 is 11.4 Å². The van der Waals surface area contributed by atoms with Crippen LogP contribution in [-0.4, -0.2) is 11.0 Å². The van der Waals surface area contributed by atoms with Crippen molar-refractivity contribution in [1.82, 2.24) is 0 Å². The molecule has 0 amide bonds. The second kappa shape index (κ2) is 4.42. The molecule has 3 unspecified atom stereocenters. The van der Waals surface area contributed by atoms with Gasteiger partial charge in [-0.25, -0.2) is 0 Å². The average molecular weight is 292 g/mol. The molecule has 1 aromatic rings. The zero-order valence-electron chi connectivity index (χ0n) is 12.6. The number of hydrogen-bond donors (Lipinski definition) is 1. The number of nitro benzene ring substituents is 1. The third-order valence-electron chi connectivity index (χ3n) is 6.28. The first-order valence-electron chi connectivity index (χ1n) is 7.46. The van der Waals surface area contributed by atoms with E-state index in [9.17, 15) is 14.5 Å². The predicted molar refractivity (Wildman–Crippen MR) is 79.7 cm³/mol. The lowest BCUT2D eigenvalue weighted by Gasteiger charge is -2.39. The molecule has 114 valence electrons. The van der Waals surface area contributed by atoms with Gasteiger partial charge in [-0.1, -0.05) is 20.8 Å². The maximum Gasteiger partial charge on any atom is 0.304 e. The van der Waals surface area contributed by atoms with Gasteiger partial charge in [0.2, 0.25) is 5.82 Å². The van der Waals surface area contributed by atoms with Crippen LogP contribution in [0.2, 0.25) is 0 Å². The Balaban J connectivity index is 1.83. The lowest BCUT2D eigenvalue weighted by Crippen LogP contribution is -2.40. The van der Waals surface area contributed by atoms with Crippen LogP contribution in [0.25, 0.3) is 0 Å². The Kier molecular flexibility index (Phi) is 3.01. The van der Waals surface area contributed by atoms with Gasteiger partial charge in [-0.15, -0.1) is 0 Å². The molecule has 5 heteroatoms. The van der Waals surface area contributed by atoms with Gasteiger partial charge in [-0.3, -0.25) is 10.1 Å². The Hall–Kier alpha value is -1.65. The minimum Gasteiger partial charge on any atom is -0.382 e. The van der Waals surface area contributed by atoms with Crippen molar-refractivity contribution in [2.45, 2.75) is 46.1 Å². The van der Waals surface area contributed by atoms with Crippen molar-refractivity contribution in [3.63, 3.8) is 0 Å². The number of nitrogens with one attached hydrogen (secondary N) is 1. The van der Waals surface area contributed by atoms with E-state index >= 15 is 0 Å². The van der Waals surface area contributed by atoms with E-state index in [4.69, 9.17) is 0 Å². The molecule has 1 aromatic carbocycles. The molecule has 0 aliphatic heterocycles. The van der Waals surface area contributed by atoms with Crippen molar-refractivity contribution in [3.05, 3.63) is 34.1 Å². The molecule has 4 nitrogen and oxygen atoms in total. The number of halogens is 1. The summed E-state index contributed by atoms with van der Waals surface area (Å²) in [5.74, 6) is -0.0829. The van der Waals surface area contributed by atoms with Crippen molar-refractivity contribution in [2.75, 3.05) is 5.32 Å². The largest absolute Gasteiger partial charge is 0.382 e. The molecule has 0 saturated heterocycles. The monoisotopic (exact) mass is 292 g/mol. The van der Waals surface area contributed by atoms with Crippen molar-refractivity contribution < 1.29 is 9.31 Å². The van der Waals surface area contributed by atoms with Gasteiger partial charge in [0, 0.05) is 23.9 Å². The van der Waals surface area contributed by atoms with Gasteiger partial charge in [0.15, 0.2) is 0 Å². The van der Waals surface area contributed by atoms with Gasteiger partial charge in [-0.2, -0.15) is 4.39 Å². The molecule has 0 spiro atoms. The quantitative estimate of drug-likeness (QED) is 0.665. The van der Waals surface area contributed by atoms with Crippen molar-refractivity contribution in [3.8, 4) is 0 Å². The third kappa shape index (κ3) is 1.93. The van der Waals surface area contributed by atoms with E-state index in [1.807, 2.05) is 0 Å². The summed E-state index contributed by atoms with van der Waals surface area (Å²) in [5.41, 5.74) is 0.632. The van der Waals surface area contributed by atoms with E-state index in [2.05, 4.69) is 26.1 Å². The molecule has 1 N–H and O–H groups in total. The van der Waals surface area contributed by atoms with E-state index < -0.39 is 16.4 Å². The number of anilines is 1. The lowest BCUT2D eigenvalue weighted by atomic mass is 9.69. The van der Waals surface area contributed by atoms with Crippen LogP contribution < -0.4 is 5.32 Å². The summed E-state index contributed by atoms with van der Waals surface area (Å²) in [6.07, 6.45) is 3.52. The van der Waals surface area contributed by atoms with E-state index in [1.54, 1.807) is 6.07 Å². The van der Waals surface area contributed by atoms with Crippen LogP contribution >= 0.6 is 0 Å². The highest BCUT2D eigenvalue weighted by molar-refractivity contribution is 5.51. The zero-order valence-corrected chi connectivity index (χ0v) is 12.6. The van der Waals surface area contributed by atoms with Crippen LogP contribution in [0.15, 0.2) is 18.2 Å². The molecule has 2 aliphatic carbocycles. The van der Waals surface area contributed by atoms with Gasteiger partial charge in [0.25, 0.3) is 0 Å². The van der Waals surface area contributed by atoms with Crippen LogP contribution in [0, 0.1) is 32.7 Å². The molecule has 2 bridgehead atoms. The molecule has 3 atom stereocenters. The Labute approximate surface area is 123 Å².